The minimum Gasteiger partial charge on any atom is -0.354 e. The topological polar surface area (TPSA) is 185 Å². The second-order valence-electron chi connectivity index (χ2n) is 6.47. The van der Waals surface area contributed by atoms with Crippen LogP contribution in [-0.2, 0) is 55.5 Å². The first-order valence-electron chi connectivity index (χ1n) is 9.78. The predicted molar refractivity (Wildman–Crippen MR) is 139 cm³/mol. The Labute approximate surface area is 204 Å². The average molecular weight is 581 g/mol. The maximum Gasteiger partial charge on any atom is 0.235 e. The highest BCUT2D eigenvalue weighted by Gasteiger charge is 2.14. The van der Waals surface area contributed by atoms with Crippen molar-refractivity contribution in [3.05, 3.63) is 36.0 Å². The fraction of sp³-hybridized carbons (Fsp3) is 0.529. The van der Waals surface area contributed by atoms with Gasteiger partial charge < -0.3 is 10.6 Å². The molecule has 0 aliphatic heterocycles. The molecule has 0 rings (SSSR count). The van der Waals surface area contributed by atoms with Gasteiger partial charge in [0.05, 0.1) is 14.2 Å². The zero-order valence-corrected chi connectivity index (χ0v) is 22.9. The second kappa shape index (κ2) is 14.8. The van der Waals surface area contributed by atoms with Crippen LogP contribution < -0.4 is 20.1 Å². The van der Waals surface area contributed by atoms with Gasteiger partial charge in [-0.05, 0) is 27.6 Å². The minimum absolute atomic E-state index is 0.0568. The lowest BCUT2D eigenvalue weighted by atomic mass is 10.4. The Kier molecular flexibility index (Phi) is 14.1. The van der Waals surface area contributed by atoms with E-state index in [9.17, 15) is 34.8 Å². The molecule has 0 aliphatic carbocycles. The average Bonchev–Trinajstić information content (AvgIpc) is 2.76. The van der Waals surface area contributed by atoms with Crippen molar-refractivity contribution in [1.82, 2.24) is 20.1 Å². The van der Waals surface area contributed by atoms with Crippen molar-refractivity contribution in [2.45, 2.75) is 13.3 Å². The molecule has 2 unspecified atom stereocenters. The Morgan fingerprint density at radius 1 is 0.765 bits per heavy atom. The maximum absolute atomic E-state index is 13.0. The van der Waals surface area contributed by atoms with Gasteiger partial charge in [-0.15, -0.1) is 0 Å². The molecule has 0 aromatic rings. The summed E-state index contributed by atoms with van der Waals surface area (Å²) < 4.78 is 76.3. The Hall–Kier alpha value is -1.50. The van der Waals surface area contributed by atoms with Crippen molar-refractivity contribution in [2.24, 2.45) is 0 Å². The summed E-state index contributed by atoms with van der Waals surface area (Å²) in [4.78, 5) is 23.7. The lowest BCUT2D eigenvalue weighted by molar-refractivity contribution is -0.120. The highest BCUT2D eigenvalue weighted by molar-refractivity contribution is 8.61. The number of hydrogen-bond acceptors (Lipinski definition) is 8. The van der Waals surface area contributed by atoms with Gasteiger partial charge in [-0.2, -0.15) is 0 Å². The summed E-state index contributed by atoms with van der Waals surface area (Å²) in [5, 5.41) is 7.50. The van der Waals surface area contributed by atoms with Crippen LogP contribution in [0.3, 0.4) is 0 Å². The molecular formula is C17H32N4O8S5. The third-order valence-electron chi connectivity index (χ3n) is 3.74. The smallest absolute Gasteiger partial charge is 0.235 e. The first-order chi connectivity index (χ1) is 15.7. The molecule has 34 heavy (non-hydrogen) atoms. The Bertz CT molecular complexity index is 1230. The highest BCUT2D eigenvalue weighted by Crippen LogP contribution is 1.98. The molecule has 2 atom stereocenters. The Morgan fingerprint density at radius 2 is 1.29 bits per heavy atom. The normalized spacial score (nSPS) is 15.2. The van der Waals surface area contributed by atoms with Crippen LogP contribution in [0.5, 0.6) is 0 Å². The second-order valence-corrected chi connectivity index (χ2v) is 19.1. The van der Waals surface area contributed by atoms with Gasteiger partial charge in [0.25, 0.3) is 0 Å². The van der Waals surface area contributed by atoms with E-state index in [-0.39, 0.29) is 31.9 Å². The summed E-state index contributed by atoms with van der Waals surface area (Å²) in [5.74, 6) is -2.79. The van der Waals surface area contributed by atoms with Gasteiger partial charge in [0.2, 0.25) is 21.8 Å². The number of hydrogen-bond donors (Lipinski definition) is 4. The monoisotopic (exact) mass is 580 g/mol. The van der Waals surface area contributed by atoms with Crippen LogP contribution in [0, 0.1) is 0 Å². The summed E-state index contributed by atoms with van der Waals surface area (Å²) in [5.41, 5.74) is 0. The Morgan fingerprint density at radius 3 is 1.76 bits per heavy atom. The number of nitrogens with one attached hydrogen (secondary N) is 4. The van der Waals surface area contributed by atoms with Crippen molar-refractivity contribution in [2.75, 3.05) is 43.4 Å². The lowest BCUT2D eigenvalue weighted by Gasteiger charge is -2.09. The van der Waals surface area contributed by atoms with Gasteiger partial charge in [-0.25, -0.2) is 30.5 Å². The van der Waals surface area contributed by atoms with Gasteiger partial charge in [-0.3, -0.25) is 13.8 Å². The van der Waals surface area contributed by atoms with E-state index < -0.39 is 60.4 Å². The van der Waals surface area contributed by atoms with Crippen LogP contribution in [0.4, 0.5) is 0 Å². The number of amides is 2. The van der Waals surface area contributed by atoms with E-state index in [1.807, 2.05) is 0 Å². The summed E-state index contributed by atoms with van der Waals surface area (Å²) in [6.07, 6.45) is 0.306. The number of sulfone groups is 1. The molecule has 12 nitrogen and oxygen atoms in total. The van der Waals surface area contributed by atoms with Crippen molar-refractivity contribution < 1.29 is 34.8 Å². The molecule has 0 saturated heterocycles. The largest absolute Gasteiger partial charge is 0.354 e. The zero-order valence-electron chi connectivity index (χ0n) is 18.8. The van der Waals surface area contributed by atoms with Gasteiger partial charge in [-0.1, -0.05) is 19.7 Å². The van der Waals surface area contributed by atoms with Gasteiger partial charge >= 0.3 is 0 Å². The van der Waals surface area contributed by atoms with E-state index in [0.717, 1.165) is 10.8 Å². The predicted octanol–water partition coefficient (Wildman–Crippen LogP) is -1.62. The molecular weight excluding hydrogens is 549 g/mol. The van der Waals surface area contributed by atoms with Gasteiger partial charge in [0.1, 0.15) is 20.2 Å². The van der Waals surface area contributed by atoms with Crippen molar-refractivity contribution in [3.63, 3.8) is 0 Å². The van der Waals surface area contributed by atoms with Gasteiger partial charge in [0.15, 0.2) is 9.84 Å². The molecule has 0 saturated carbocycles. The number of carbonyl (C=O) groups excluding carboxylic acids is 2. The van der Waals surface area contributed by atoms with Gasteiger partial charge in [0, 0.05) is 37.0 Å². The maximum atomic E-state index is 13.0. The quantitative estimate of drug-likeness (QED) is 0.148. The third-order valence-corrected chi connectivity index (χ3v) is 15.7. The molecule has 0 aliphatic rings. The number of carbonyl (C=O) groups is 2. The van der Waals surface area contributed by atoms with E-state index in [1.54, 1.807) is 0 Å². The van der Waals surface area contributed by atoms with Crippen LogP contribution in [0.15, 0.2) is 36.0 Å². The van der Waals surface area contributed by atoms with Crippen LogP contribution >= 0.6 is 0 Å². The molecule has 0 bridgehead atoms. The van der Waals surface area contributed by atoms with E-state index in [2.05, 4.69) is 39.8 Å². The number of rotatable bonds is 17. The molecule has 17 heteroatoms. The fourth-order valence-electron chi connectivity index (χ4n) is 1.96. The SMILES string of the molecule is C=CS(=O)(=O)CC(=O)NCCNC(=O)CS(=O)(C=C)=S=S(=O)(C=C)NCCCNS(=O)(=O)CC. The van der Waals surface area contributed by atoms with E-state index in [1.165, 1.54) is 6.92 Å². The summed E-state index contributed by atoms with van der Waals surface area (Å²) in [6, 6.07) is 0. The van der Waals surface area contributed by atoms with Crippen molar-refractivity contribution >= 4 is 57.7 Å². The third kappa shape index (κ3) is 14.0. The fourth-order valence-corrected chi connectivity index (χ4v) is 12.0. The van der Waals surface area contributed by atoms with Crippen molar-refractivity contribution in [3.8, 4) is 0 Å². The first kappa shape index (κ1) is 32.5. The molecule has 198 valence electrons. The summed E-state index contributed by atoms with van der Waals surface area (Å²) in [7, 11) is -12.8. The minimum atomic E-state index is -3.70. The zero-order chi connectivity index (χ0) is 26.5. The number of sulfonamides is 1. The first-order valence-corrected chi connectivity index (χ1v) is 18.4. The van der Waals surface area contributed by atoms with Crippen LogP contribution in [0.25, 0.3) is 0 Å². The van der Waals surface area contributed by atoms with E-state index in [0.29, 0.717) is 20.7 Å². The van der Waals surface area contributed by atoms with Crippen LogP contribution in [-0.4, -0.2) is 80.5 Å². The van der Waals surface area contributed by atoms with Crippen molar-refractivity contribution in [1.29, 1.82) is 0 Å². The molecule has 0 radical (unpaired) electrons. The van der Waals surface area contributed by atoms with E-state index in [4.69, 9.17) is 0 Å². The molecule has 2 amide bonds. The summed E-state index contributed by atoms with van der Waals surface area (Å²) in [6.45, 7) is 11.6. The molecule has 0 aromatic heterocycles. The molecule has 4 N–H and O–H groups in total. The highest BCUT2D eigenvalue weighted by atomic mass is 33.1. The molecule has 0 spiro atoms. The van der Waals surface area contributed by atoms with E-state index >= 15 is 0 Å². The summed E-state index contributed by atoms with van der Waals surface area (Å²) >= 11 is 0. The van der Waals surface area contributed by atoms with Crippen LogP contribution in [0.1, 0.15) is 13.3 Å². The molecule has 0 fully saturated rings. The van der Waals surface area contributed by atoms with Crippen LogP contribution in [0.2, 0.25) is 0 Å². The lowest BCUT2D eigenvalue weighted by Crippen LogP contribution is -2.38. The standard InChI is InChI=1S/C17H32N4O8S5/c1-5-31(24,25)14-16(22)18-12-13-19-17(23)15-32(26,6-2)30-34(29,8-4)21-11-9-10-20-33(27,28)7-3/h5-6,8,20H,1-2,4,7,9-15H2,3H3,(H,18,22)(H,19,23)(H,21,29). The molecule has 0 aromatic carbocycles. The molecule has 0 heterocycles. The Balaban J connectivity index is 5.02.